The molecule has 4 unspecified atom stereocenters. The van der Waals surface area contributed by atoms with Crippen molar-refractivity contribution in [1.82, 2.24) is 0 Å². The number of allylic oxidation sites excluding steroid dienone is 2. The SMILES string of the molecule is CN(C)c1ccc([C@H]2CC3(C)C(=O)CCC3C3CCC4CC5(CCC4=C32)OCCO5)cc1. The van der Waals surface area contributed by atoms with Crippen molar-refractivity contribution in [3.63, 3.8) is 0 Å². The van der Waals surface area contributed by atoms with Crippen LogP contribution in [0.5, 0.6) is 0 Å². The zero-order valence-corrected chi connectivity index (χ0v) is 19.9. The van der Waals surface area contributed by atoms with E-state index < -0.39 is 0 Å². The number of rotatable bonds is 2. The Labute approximate surface area is 192 Å². The van der Waals surface area contributed by atoms with E-state index in [2.05, 4.69) is 50.2 Å². The van der Waals surface area contributed by atoms with Crippen molar-refractivity contribution in [3.8, 4) is 0 Å². The smallest absolute Gasteiger partial charge is 0.169 e. The number of benzene rings is 1. The summed E-state index contributed by atoms with van der Waals surface area (Å²) in [4.78, 5) is 15.3. The number of anilines is 1. The number of hydrogen-bond donors (Lipinski definition) is 0. The van der Waals surface area contributed by atoms with Gasteiger partial charge < -0.3 is 14.4 Å². The van der Waals surface area contributed by atoms with Crippen molar-refractivity contribution in [3.05, 3.63) is 41.0 Å². The Kier molecular flexibility index (Phi) is 4.86. The second-order valence-corrected chi connectivity index (χ2v) is 11.4. The summed E-state index contributed by atoms with van der Waals surface area (Å²) >= 11 is 0. The molecule has 4 nitrogen and oxygen atoms in total. The highest BCUT2D eigenvalue weighted by molar-refractivity contribution is 5.87. The summed E-state index contributed by atoms with van der Waals surface area (Å²) < 4.78 is 12.2. The fraction of sp³-hybridized carbons (Fsp3) is 0.679. The van der Waals surface area contributed by atoms with E-state index in [0.717, 1.165) is 51.7 Å². The molecule has 1 aromatic rings. The fourth-order valence-electron chi connectivity index (χ4n) is 8.06. The Hall–Kier alpha value is -1.65. The number of ether oxygens (including phenoxy) is 2. The van der Waals surface area contributed by atoms with Crippen LogP contribution in [0.4, 0.5) is 5.69 Å². The lowest BCUT2D eigenvalue weighted by molar-refractivity contribution is -0.181. The van der Waals surface area contributed by atoms with Gasteiger partial charge in [0.25, 0.3) is 0 Å². The highest BCUT2D eigenvalue weighted by Gasteiger charge is 2.57. The molecule has 1 spiro atoms. The minimum absolute atomic E-state index is 0.153. The zero-order chi connectivity index (χ0) is 22.1. The maximum atomic E-state index is 13.1. The highest BCUT2D eigenvalue weighted by atomic mass is 16.7. The van der Waals surface area contributed by atoms with Crippen LogP contribution in [0.2, 0.25) is 0 Å². The van der Waals surface area contributed by atoms with Gasteiger partial charge in [-0.05, 0) is 67.6 Å². The molecule has 1 saturated heterocycles. The van der Waals surface area contributed by atoms with Crippen LogP contribution in [0.3, 0.4) is 0 Å². The predicted molar refractivity (Wildman–Crippen MR) is 126 cm³/mol. The molecule has 4 aliphatic carbocycles. The molecular weight excluding hydrogens is 398 g/mol. The summed E-state index contributed by atoms with van der Waals surface area (Å²) in [6, 6.07) is 9.14. The second kappa shape index (κ2) is 7.43. The van der Waals surface area contributed by atoms with Crippen LogP contribution in [-0.2, 0) is 14.3 Å². The molecule has 5 atom stereocenters. The monoisotopic (exact) mass is 435 g/mol. The molecule has 0 amide bonds. The highest BCUT2D eigenvalue weighted by Crippen LogP contribution is 2.63. The van der Waals surface area contributed by atoms with Gasteiger partial charge >= 0.3 is 0 Å². The number of carbonyl (C=O) groups excluding carboxylic acids is 1. The number of nitrogens with zero attached hydrogens (tertiary/aromatic N) is 1. The largest absolute Gasteiger partial charge is 0.378 e. The van der Waals surface area contributed by atoms with E-state index in [9.17, 15) is 4.79 Å². The van der Waals surface area contributed by atoms with Crippen molar-refractivity contribution in [1.29, 1.82) is 0 Å². The maximum absolute atomic E-state index is 13.1. The lowest BCUT2D eigenvalue weighted by atomic mass is 9.52. The molecule has 0 radical (unpaired) electrons. The van der Waals surface area contributed by atoms with Crippen LogP contribution in [-0.4, -0.2) is 38.9 Å². The van der Waals surface area contributed by atoms with E-state index in [-0.39, 0.29) is 11.2 Å². The van der Waals surface area contributed by atoms with Gasteiger partial charge in [-0.1, -0.05) is 30.2 Å². The molecule has 4 heteroatoms. The van der Waals surface area contributed by atoms with Crippen molar-refractivity contribution < 1.29 is 14.3 Å². The van der Waals surface area contributed by atoms with Crippen molar-refractivity contribution in [2.24, 2.45) is 23.2 Å². The van der Waals surface area contributed by atoms with Gasteiger partial charge in [-0.3, -0.25) is 4.79 Å². The van der Waals surface area contributed by atoms with E-state index in [0.29, 0.717) is 29.5 Å². The van der Waals surface area contributed by atoms with E-state index >= 15 is 0 Å². The molecule has 0 bridgehead atoms. The topological polar surface area (TPSA) is 38.8 Å². The fourth-order valence-corrected chi connectivity index (χ4v) is 8.06. The standard InChI is InChI=1S/C28H37NO3/c1-27-17-23(18-4-7-20(8-5-18)29(2)3)26-21-12-13-28(31-14-15-32-28)16-19(21)6-9-22(26)24(27)10-11-25(27)30/h4-5,7-8,19,22-24H,6,9-17H2,1-3H3/t19?,22?,23-,24?,27?/m1/s1. The molecule has 4 fully saturated rings. The van der Waals surface area contributed by atoms with Crippen LogP contribution in [0.1, 0.15) is 69.8 Å². The number of hydrogen-bond acceptors (Lipinski definition) is 4. The molecule has 0 N–H and O–H groups in total. The summed E-state index contributed by atoms with van der Waals surface area (Å²) in [6.45, 7) is 3.77. The van der Waals surface area contributed by atoms with Gasteiger partial charge in [-0.25, -0.2) is 0 Å². The maximum Gasteiger partial charge on any atom is 0.169 e. The molecule has 1 aliphatic heterocycles. The Balaban J connectivity index is 1.43. The molecule has 1 heterocycles. The summed E-state index contributed by atoms with van der Waals surface area (Å²) in [5.74, 6) is 2.25. The number of Topliss-reactive ketones (excluding diaryl/α,β-unsaturated/α-hetero) is 1. The Bertz CT molecular complexity index is 942. The van der Waals surface area contributed by atoms with Crippen LogP contribution in [0, 0.1) is 23.2 Å². The van der Waals surface area contributed by atoms with Crippen LogP contribution in [0.15, 0.2) is 35.4 Å². The Morgan fingerprint density at radius 1 is 0.969 bits per heavy atom. The predicted octanol–water partition coefficient (Wildman–Crippen LogP) is 5.48. The average molecular weight is 436 g/mol. The van der Waals surface area contributed by atoms with Gasteiger partial charge in [0.15, 0.2) is 5.79 Å². The van der Waals surface area contributed by atoms with Gasteiger partial charge in [0, 0.05) is 50.4 Å². The molecule has 32 heavy (non-hydrogen) atoms. The van der Waals surface area contributed by atoms with Crippen molar-refractivity contribution >= 4 is 11.5 Å². The normalized spacial score (nSPS) is 37.9. The lowest BCUT2D eigenvalue weighted by Crippen LogP contribution is -2.46. The van der Waals surface area contributed by atoms with E-state index in [4.69, 9.17) is 9.47 Å². The third-order valence-corrected chi connectivity index (χ3v) is 9.67. The first-order valence-electron chi connectivity index (χ1n) is 12.7. The average Bonchev–Trinajstić information content (AvgIpc) is 3.37. The minimum Gasteiger partial charge on any atom is -0.378 e. The number of fused-ring (bicyclic) bond motifs is 4. The van der Waals surface area contributed by atoms with Gasteiger partial charge in [-0.2, -0.15) is 0 Å². The third kappa shape index (κ3) is 3.05. The van der Waals surface area contributed by atoms with E-state index in [1.165, 1.54) is 24.1 Å². The summed E-state index contributed by atoms with van der Waals surface area (Å²) in [5, 5.41) is 0. The second-order valence-electron chi connectivity index (χ2n) is 11.4. The Morgan fingerprint density at radius 3 is 2.44 bits per heavy atom. The van der Waals surface area contributed by atoms with Gasteiger partial charge in [-0.15, -0.1) is 0 Å². The van der Waals surface area contributed by atoms with Crippen LogP contribution < -0.4 is 4.90 Å². The summed E-state index contributed by atoms with van der Waals surface area (Å²) in [6.07, 6.45) is 8.40. The first-order valence-corrected chi connectivity index (χ1v) is 12.7. The van der Waals surface area contributed by atoms with E-state index in [1.54, 1.807) is 11.1 Å². The molecule has 5 aliphatic rings. The first kappa shape index (κ1) is 20.9. The van der Waals surface area contributed by atoms with Gasteiger partial charge in [0.05, 0.1) is 13.2 Å². The Morgan fingerprint density at radius 2 is 1.72 bits per heavy atom. The third-order valence-electron chi connectivity index (χ3n) is 9.67. The van der Waals surface area contributed by atoms with Gasteiger partial charge in [0.2, 0.25) is 0 Å². The lowest BCUT2D eigenvalue weighted by Gasteiger charge is -2.52. The number of carbonyl (C=O) groups is 1. The first-order chi connectivity index (χ1) is 15.4. The van der Waals surface area contributed by atoms with Crippen molar-refractivity contribution in [2.75, 3.05) is 32.2 Å². The summed E-state index contributed by atoms with van der Waals surface area (Å²) in [7, 11) is 4.19. The molecule has 6 rings (SSSR count). The molecule has 172 valence electrons. The van der Waals surface area contributed by atoms with Gasteiger partial charge in [0.1, 0.15) is 5.78 Å². The van der Waals surface area contributed by atoms with Crippen molar-refractivity contribution in [2.45, 2.75) is 70.0 Å². The zero-order valence-electron chi connectivity index (χ0n) is 19.9. The summed E-state index contributed by atoms with van der Waals surface area (Å²) in [5.41, 5.74) is 5.89. The molecule has 0 aromatic heterocycles. The van der Waals surface area contributed by atoms with E-state index in [1.807, 2.05) is 0 Å². The van der Waals surface area contributed by atoms with Crippen LogP contribution >= 0.6 is 0 Å². The molecule has 3 saturated carbocycles. The quantitative estimate of drug-likeness (QED) is 0.577. The molecular formula is C28H37NO3. The van der Waals surface area contributed by atoms with Crippen LogP contribution in [0.25, 0.3) is 0 Å². The molecule has 1 aromatic carbocycles. The minimum atomic E-state index is -0.322. The number of ketones is 1.